The van der Waals surface area contributed by atoms with Gasteiger partial charge in [0.1, 0.15) is 4.99 Å². The average Bonchev–Trinajstić information content (AvgIpc) is 2.38. The predicted molar refractivity (Wildman–Crippen MR) is 79.6 cm³/mol. The zero-order valence-corrected chi connectivity index (χ0v) is 11.9. The Bertz CT molecular complexity index is 447. The highest BCUT2D eigenvalue weighted by molar-refractivity contribution is 7.80. The molecule has 1 aromatic carbocycles. The molecule has 0 bridgehead atoms. The zero-order chi connectivity index (χ0) is 13.1. The highest BCUT2D eigenvalue weighted by atomic mass is 35.5. The van der Waals surface area contributed by atoms with Gasteiger partial charge in [-0.05, 0) is 25.0 Å². The van der Waals surface area contributed by atoms with Crippen LogP contribution in [-0.4, -0.2) is 31.3 Å². The molecule has 1 fully saturated rings. The van der Waals surface area contributed by atoms with E-state index in [2.05, 4.69) is 11.9 Å². The summed E-state index contributed by atoms with van der Waals surface area (Å²) in [6.45, 7) is 1.61. The van der Waals surface area contributed by atoms with Crippen molar-refractivity contribution in [3.05, 3.63) is 28.8 Å². The van der Waals surface area contributed by atoms with E-state index in [9.17, 15) is 0 Å². The summed E-state index contributed by atoms with van der Waals surface area (Å²) in [6.07, 6.45) is 2.03. The Morgan fingerprint density at radius 2 is 2.11 bits per heavy atom. The molecule has 0 amide bonds. The minimum absolute atomic E-state index is 0.342. The van der Waals surface area contributed by atoms with Crippen LogP contribution in [0.3, 0.4) is 0 Å². The first-order valence-corrected chi connectivity index (χ1v) is 6.78. The van der Waals surface area contributed by atoms with Crippen molar-refractivity contribution in [2.24, 2.45) is 5.73 Å². The Morgan fingerprint density at radius 1 is 1.44 bits per heavy atom. The molecule has 98 valence electrons. The monoisotopic (exact) mass is 284 g/mol. The van der Waals surface area contributed by atoms with Crippen molar-refractivity contribution in [1.82, 2.24) is 0 Å². The second-order valence-electron chi connectivity index (χ2n) is 4.45. The van der Waals surface area contributed by atoms with Crippen LogP contribution in [-0.2, 0) is 4.74 Å². The molecule has 1 heterocycles. The number of hydrogen-bond acceptors (Lipinski definition) is 3. The molecule has 0 radical (unpaired) electrons. The van der Waals surface area contributed by atoms with Crippen molar-refractivity contribution in [3.63, 3.8) is 0 Å². The summed E-state index contributed by atoms with van der Waals surface area (Å²) in [5.41, 5.74) is 7.55. The third-order valence-corrected chi connectivity index (χ3v) is 3.88. The van der Waals surface area contributed by atoms with E-state index in [1.54, 1.807) is 0 Å². The van der Waals surface area contributed by atoms with Crippen molar-refractivity contribution in [2.75, 3.05) is 25.2 Å². The summed E-state index contributed by atoms with van der Waals surface area (Å²) in [4.78, 5) is 2.55. The van der Waals surface area contributed by atoms with Gasteiger partial charge in [-0.3, -0.25) is 0 Å². The van der Waals surface area contributed by atoms with Crippen molar-refractivity contribution in [3.8, 4) is 0 Å². The Hall–Kier alpha value is -0.840. The summed E-state index contributed by atoms with van der Waals surface area (Å²) in [5, 5.41) is 0.610. The van der Waals surface area contributed by atoms with Crippen molar-refractivity contribution in [2.45, 2.75) is 18.9 Å². The van der Waals surface area contributed by atoms with Gasteiger partial charge in [0.2, 0.25) is 0 Å². The quantitative estimate of drug-likeness (QED) is 0.866. The molecule has 18 heavy (non-hydrogen) atoms. The molecular weight excluding hydrogens is 268 g/mol. The lowest BCUT2D eigenvalue weighted by Gasteiger charge is -2.34. The summed E-state index contributed by atoms with van der Waals surface area (Å²) < 4.78 is 5.38. The minimum atomic E-state index is 0.342. The van der Waals surface area contributed by atoms with Gasteiger partial charge in [0.15, 0.2) is 0 Å². The number of hydrogen-bond donors (Lipinski definition) is 1. The molecule has 0 aromatic heterocycles. The number of rotatable bonds is 3. The molecule has 0 aliphatic carbocycles. The van der Waals surface area contributed by atoms with Crippen LogP contribution in [0.5, 0.6) is 0 Å². The van der Waals surface area contributed by atoms with E-state index in [0.29, 0.717) is 16.1 Å². The van der Waals surface area contributed by atoms with Gasteiger partial charge in [-0.25, -0.2) is 0 Å². The van der Waals surface area contributed by atoms with E-state index in [1.165, 1.54) is 0 Å². The van der Waals surface area contributed by atoms with E-state index in [4.69, 9.17) is 34.3 Å². The zero-order valence-electron chi connectivity index (χ0n) is 10.4. The predicted octanol–water partition coefficient (Wildman–Crippen LogP) is 2.59. The number of nitrogens with zero attached hydrogens (tertiary/aromatic N) is 1. The SMILES string of the molecule is CN(c1cccc(Cl)c1C(N)=S)C1CCOCC1. The van der Waals surface area contributed by atoms with Gasteiger partial charge in [-0.15, -0.1) is 0 Å². The first-order valence-electron chi connectivity index (χ1n) is 6.00. The Morgan fingerprint density at radius 3 is 2.72 bits per heavy atom. The molecule has 1 aromatic rings. The lowest BCUT2D eigenvalue weighted by atomic mass is 10.0. The summed E-state index contributed by atoms with van der Waals surface area (Å²) in [7, 11) is 2.06. The molecule has 0 saturated carbocycles. The molecule has 5 heteroatoms. The van der Waals surface area contributed by atoms with Gasteiger partial charge in [0.05, 0.1) is 10.6 Å². The molecule has 0 atom stereocenters. The van der Waals surface area contributed by atoms with Crippen molar-refractivity contribution >= 4 is 34.5 Å². The fourth-order valence-corrected chi connectivity index (χ4v) is 2.86. The number of benzene rings is 1. The maximum Gasteiger partial charge on any atom is 0.107 e. The molecule has 1 saturated heterocycles. The van der Waals surface area contributed by atoms with Gasteiger partial charge in [-0.2, -0.15) is 0 Å². The molecule has 0 unspecified atom stereocenters. The first kappa shape index (κ1) is 13.6. The Balaban J connectivity index is 2.31. The molecule has 1 aliphatic rings. The number of thiocarbonyl (C=S) groups is 1. The molecule has 2 rings (SSSR count). The molecule has 0 spiro atoms. The van der Waals surface area contributed by atoms with Crippen LogP contribution in [0.2, 0.25) is 5.02 Å². The Labute approximate surface area is 118 Å². The topological polar surface area (TPSA) is 38.5 Å². The van der Waals surface area contributed by atoms with Gasteiger partial charge in [0, 0.05) is 32.0 Å². The van der Waals surface area contributed by atoms with Gasteiger partial charge in [0.25, 0.3) is 0 Å². The van der Waals surface area contributed by atoms with E-state index in [-0.39, 0.29) is 0 Å². The highest BCUT2D eigenvalue weighted by Crippen LogP contribution is 2.29. The largest absolute Gasteiger partial charge is 0.389 e. The third kappa shape index (κ3) is 2.76. The van der Waals surface area contributed by atoms with Crippen LogP contribution < -0.4 is 10.6 Å². The van der Waals surface area contributed by atoms with Crippen LogP contribution in [0.1, 0.15) is 18.4 Å². The summed E-state index contributed by atoms with van der Waals surface area (Å²) in [6, 6.07) is 6.20. The van der Waals surface area contributed by atoms with Gasteiger partial charge in [-0.1, -0.05) is 29.9 Å². The molecule has 3 nitrogen and oxygen atoms in total. The fraction of sp³-hybridized carbons (Fsp3) is 0.462. The average molecular weight is 285 g/mol. The lowest BCUT2D eigenvalue weighted by Crippen LogP contribution is -2.37. The molecule has 2 N–H and O–H groups in total. The number of nitrogens with two attached hydrogens (primary N) is 1. The van der Waals surface area contributed by atoms with E-state index in [1.807, 2.05) is 18.2 Å². The van der Waals surface area contributed by atoms with Crippen LogP contribution in [0.25, 0.3) is 0 Å². The maximum absolute atomic E-state index is 6.19. The molecular formula is C13H17ClN2OS. The number of halogens is 1. The van der Waals surface area contributed by atoms with Crippen molar-refractivity contribution in [1.29, 1.82) is 0 Å². The smallest absolute Gasteiger partial charge is 0.107 e. The van der Waals surface area contributed by atoms with E-state index in [0.717, 1.165) is 37.3 Å². The number of anilines is 1. The maximum atomic E-state index is 6.19. The van der Waals surface area contributed by atoms with E-state index >= 15 is 0 Å². The van der Waals surface area contributed by atoms with Gasteiger partial charge < -0.3 is 15.4 Å². The van der Waals surface area contributed by atoms with Crippen LogP contribution in [0, 0.1) is 0 Å². The van der Waals surface area contributed by atoms with Crippen LogP contribution in [0.15, 0.2) is 18.2 Å². The Kier molecular flexibility index (Phi) is 4.43. The minimum Gasteiger partial charge on any atom is -0.389 e. The summed E-state index contributed by atoms with van der Waals surface area (Å²) >= 11 is 11.3. The second-order valence-corrected chi connectivity index (χ2v) is 5.30. The van der Waals surface area contributed by atoms with Crippen molar-refractivity contribution < 1.29 is 4.74 Å². The summed E-state index contributed by atoms with van der Waals surface area (Å²) in [5.74, 6) is 0. The fourth-order valence-electron chi connectivity index (χ4n) is 2.32. The number of ether oxygens (including phenoxy) is 1. The third-order valence-electron chi connectivity index (χ3n) is 3.36. The highest BCUT2D eigenvalue weighted by Gasteiger charge is 2.22. The van der Waals surface area contributed by atoms with Crippen LogP contribution >= 0.6 is 23.8 Å². The second kappa shape index (κ2) is 5.87. The first-order chi connectivity index (χ1) is 8.61. The lowest BCUT2D eigenvalue weighted by molar-refractivity contribution is 0.0855. The normalized spacial score (nSPS) is 16.6. The molecule has 1 aliphatic heterocycles. The van der Waals surface area contributed by atoms with E-state index < -0.39 is 0 Å². The van der Waals surface area contributed by atoms with Gasteiger partial charge >= 0.3 is 0 Å². The standard InChI is InChI=1S/C13H17ClN2OS/c1-16(9-5-7-17-8-6-9)11-4-2-3-10(14)12(11)13(15)18/h2-4,9H,5-8H2,1H3,(H2,15,18). The van der Waals surface area contributed by atoms with Crippen LogP contribution in [0.4, 0.5) is 5.69 Å².